The summed E-state index contributed by atoms with van der Waals surface area (Å²) in [6.07, 6.45) is 7.82. The summed E-state index contributed by atoms with van der Waals surface area (Å²) in [5, 5.41) is 32.1. The second-order valence-corrected chi connectivity index (χ2v) is 14.2. The van der Waals surface area contributed by atoms with E-state index in [9.17, 15) is 20.1 Å². The molecule has 0 aromatic heterocycles. The molecular formula is C30H46O5. The number of carbonyl (C=O) groups excluding carboxylic acids is 1. The van der Waals surface area contributed by atoms with E-state index in [4.69, 9.17) is 4.74 Å². The largest absolute Gasteiger partial charge is 0.392 e. The third kappa shape index (κ3) is 3.23. The van der Waals surface area contributed by atoms with Gasteiger partial charge in [-0.15, -0.1) is 0 Å². The number of rotatable bonds is 2. The Bertz CT molecular complexity index is 977. The normalized spacial score (nSPS) is 53.3. The molecule has 0 aromatic carbocycles. The maximum Gasteiger partial charge on any atom is 0.140 e. The predicted molar refractivity (Wildman–Crippen MR) is 135 cm³/mol. The number of aliphatic hydroxyl groups excluding tert-OH is 2. The minimum atomic E-state index is -0.951. The molecule has 1 aliphatic heterocycles. The Balaban J connectivity index is 1.57. The summed E-state index contributed by atoms with van der Waals surface area (Å²) in [5.41, 5.74) is -0.0837. The molecule has 10 atom stereocenters. The van der Waals surface area contributed by atoms with Gasteiger partial charge >= 0.3 is 0 Å². The Labute approximate surface area is 211 Å². The zero-order valence-corrected chi connectivity index (χ0v) is 22.7. The Morgan fingerprint density at radius 1 is 1.11 bits per heavy atom. The van der Waals surface area contributed by atoms with Gasteiger partial charge in [0.2, 0.25) is 0 Å². The van der Waals surface area contributed by atoms with Gasteiger partial charge in [-0.1, -0.05) is 52.3 Å². The fraction of sp³-hybridized carbons (Fsp3) is 0.833. The van der Waals surface area contributed by atoms with Crippen LogP contribution in [0.4, 0.5) is 0 Å². The van der Waals surface area contributed by atoms with Crippen molar-refractivity contribution in [2.45, 2.75) is 111 Å². The van der Waals surface area contributed by atoms with Crippen LogP contribution in [0, 0.1) is 39.4 Å². The van der Waals surface area contributed by atoms with Crippen LogP contribution in [-0.2, 0) is 9.53 Å². The summed E-state index contributed by atoms with van der Waals surface area (Å²) < 4.78 is 6.64. The van der Waals surface area contributed by atoms with Crippen LogP contribution >= 0.6 is 0 Å². The van der Waals surface area contributed by atoms with Crippen molar-refractivity contribution >= 4 is 5.78 Å². The van der Waals surface area contributed by atoms with E-state index in [-0.39, 0.29) is 58.9 Å². The van der Waals surface area contributed by atoms with E-state index in [1.54, 1.807) is 0 Å². The second-order valence-electron chi connectivity index (χ2n) is 14.2. The van der Waals surface area contributed by atoms with Crippen LogP contribution < -0.4 is 0 Å². The van der Waals surface area contributed by atoms with Crippen molar-refractivity contribution in [3.63, 3.8) is 0 Å². The number of fused-ring (bicyclic) bond motifs is 7. The summed E-state index contributed by atoms with van der Waals surface area (Å²) in [5.74, 6) is 0.571. The van der Waals surface area contributed by atoms with Gasteiger partial charge < -0.3 is 20.1 Å². The standard InChI is InChI=1S/C30H46O5/c1-17(16-31)12-18-13-29(6,34)25-21(35-18)14-27(4)22-10-8-19-20(9-11-23(32)26(19,2)3)30(22,7)24(33)15-28(25,27)5/h8,12,18,20-23,25,31-32,34H,9-11,13-16H2,1-7H3/t18-,20+,21+,22-,23-,25-,27-,28+,29-,30-/m0/s1. The summed E-state index contributed by atoms with van der Waals surface area (Å²) >= 11 is 0. The molecule has 0 amide bonds. The van der Waals surface area contributed by atoms with E-state index in [0.29, 0.717) is 18.6 Å². The molecule has 0 bridgehead atoms. The molecule has 196 valence electrons. The lowest BCUT2D eigenvalue weighted by atomic mass is 9.38. The zero-order valence-electron chi connectivity index (χ0n) is 22.7. The van der Waals surface area contributed by atoms with Crippen molar-refractivity contribution in [2.75, 3.05) is 6.61 Å². The Hall–Kier alpha value is -1.01. The maximum absolute atomic E-state index is 14.3. The monoisotopic (exact) mass is 486 g/mol. The maximum atomic E-state index is 14.3. The van der Waals surface area contributed by atoms with Gasteiger partial charge in [-0.25, -0.2) is 0 Å². The van der Waals surface area contributed by atoms with Crippen LogP contribution in [0.25, 0.3) is 0 Å². The average molecular weight is 487 g/mol. The minimum absolute atomic E-state index is 0.0123. The van der Waals surface area contributed by atoms with Gasteiger partial charge in [0.25, 0.3) is 0 Å². The van der Waals surface area contributed by atoms with Gasteiger partial charge in [-0.05, 0) is 67.8 Å². The number of hydrogen-bond acceptors (Lipinski definition) is 5. The molecule has 3 saturated carbocycles. The Kier molecular flexibility index (Phi) is 5.68. The van der Waals surface area contributed by atoms with Crippen LogP contribution in [0.1, 0.15) is 87.0 Å². The molecule has 5 aliphatic rings. The Morgan fingerprint density at radius 2 is 1.80 bits per heavy atom. The number of hydrogen-bond donors (Lipinski definition) is 3. The van der Waals surface area contributed by atoms with Crippen molar-refractivity contribution in [1.29, 1.82) is 0 Å². The van der Waals surface area contributed by atoms with E-state index < -0.39 is 11.0 Å². The van der Waals surface area contributed by atoms with E-state index >= 15 is 0 Å². The highest BCUT2D eigenvalue weighted by Crippen LogP contribution is 2.75. The van der Waals surface area contributed by atoms with Crippen molar-refractivity contribution in [2.24, 2.45) is 39.4 Å². The quantitative estimate of drug-likeness (QED) is 0.497. The molecule has 5 nitrogen and oxygen atoms in total. The first kappa shape index (κ1) is 25.6. The summed E-state index contributed by atoms with van der Waals surface area (Å²) in [6, 6.07) is 0. The van der Waals surface area contributed by atoms with Crippen molar-refractivity contribution in [1.82, 2.24) is 0 Å². The summed E-state index contributed by atoms with van der Waals surface area (Å²) in [4.78, 5) is 14.3. The summed E-state index contributed by atoms with van der Waals surface area (Å²) in [7, 11) is 0. The topological polar surface area (TPSA) is 87.0 Å². The van der Waals surface area contributed by atoms with E-state index in [2.05, 4.69) is 40.7 Å². The van der Waals surface area contributed by atoms with Crippen LogP contribution in [0.15, 0.2) is 23.3 Å². The molecule has 5 heteroatoms. The fourth-order valence-corrected chi connectivity index (χ4v) is 9.95. The van der Waals surface area contributed by atoms with E-state index in [0.717, 1.165) is 31.3 Å². The second kappa shape index (κ2) is 7.75. The first-order chi connectivity index (χ1) is 16.1. The van der Waals surface area contributed by atoms with Crippen molar-refractivity contribution in [3.05, 3.63) is 23.3 Å². The molecule has 5 rings (SSSR count). The third-order valence-corrected chi connectivity index (χ3v) is 11.9. The lowest BCUT2D eigenvalue weighted by Gasteiger charge is -2.65. The number of Topliss-reactive ketones (excluding diaryl/α,β-unsaturated/α-hetero) is 1. The molecule has 4 fully saturated rings. The molecule has 1 heterocycles. The van der Waals surface area contributed by atoms with Crippen LogP contribution in [-0.4, -0.2) is 51.6 Å². The molecule has 1 saturated heterocycles. The lowest BCUT2D eigenvalue weighted by Crippen LogP contribution is -2.64. The molecule has 4 aliphatic carbocycles. The van der Waals surface area contributed by atoms with E-state index in [1.165, 1.54) is 5.57 Å². The molecule has 35 heavy (non-hydrogen) atoms. The number of aliphatic hydroxyl groups is 3. The van der Waals surface area contributed by atoms with Gasteiger partial charge in [0.1, 0.15) is 5.78 Å². The van der Waals surface area contributed by atoms with Crippen molar-refractivity contribution < 1.29 is 24.9 Å². The van der Waals surface area contributed by atoms with Crippen LogP contribution in [0.2, 0.25) is 0 Å². The van der Waals surface area contributed by atoms with E-state index in [1.807, 2.05) is 19.9 Å². The van der Waals surface area contributed by atoms with Gasteiger partial charge in [0, 0.05) is 29.6 Å². The molecule has 0 unspecified atom stereocenters. The molecule has 3 N–H and O–H groups in total. The summed E-state index contributed by atoms with van der Waals surface area (Å²) in [6.45, 7) is 14.9. The zero-order chi connectivity index (χ0) is 25.8. The lowest BCUT2D eigenvalue weighted by molar-refractivity contribution is -0.200. The predicted octanol–water partition coefficient (Wildman–Crippen LogP) is 4.59. The first-order valence-electron chi connectivity index (χ1n) is 13.7. The van der Waals surface area contributed by atoms with Crippen LogP contribution in [0.3, 0.4) is 0 Å². The first-order valence-corrected chi connectivity index (χ1v) is 13.7. The number of carbonyl (C=O) groups is 1. The van der Waals surface area contributed by atoms with Gasteiger partial charge in [0.15, 0.2) is 0 Å². The highest BCUT2D eigenvalue weighted by atomic mass is 16.5. The number of allylic oxidation sites excluding steroid dienone is 1. The Morgan fingerprint density at radius 3 is 2.46 bits per heavy atom. The average Bonchev–Trinajstić information content (AvgIpc) is 2.97. The highest BCUT2D eigenvalue weighted by Gasteiger charge is 2.74. The highest BCUT2D eigenvalue weighted by molar-refractivity contribution is 5.88. The number of ether oxygens (including phenoxy) is 1. The third-order valence-electron chi connectivity index (χ3n) is 11.9. The van der Waals surface area contributed by atoms with Gasteiger partial charge in [-0.2, -0.15) is 0 Å². The molecule has 0 aromatic rings. The van der Waals surface area contributed by atoms with Crippen LogP contribution in [0.5, 0.6) is 0 Å². The molecule has 0 radical (unpaired) electrons. The fourth-order valence-electron chi connectivity index (χ4n) is 9.95. The molecule has 0 spiro atoms. The molecular weight excluding hydrogens is 440 g/mol. The van der Waals surface area contributed by atoms with Crippen molar-refractivity contribution in [3.8, 4) is 0 Å². The van der Waals surface area contributed by atoms with Gasteiger partial charge in [-0.3, -0.25) is 4.79 Å². The smallest absolute Gasteiger partial charge is 0.140 e. The van der Waals surface area contributed by atoms with Gasteiger partial charge in [0.05, 0.1) is 30.5 Å². The minimum Gasteiger partial charge on any atom is -0.392 e. The SMILES string of the molecule is CC(=C[C@H]1C[C@](C)(O)[C@H]2[C@@H](C[C@@]3(C)[C@@H]4CC=C5[C@@H](CC[C@H](O)C5(C)C)[C@]4(C)C(=O)C[C@]23C)O1)CO. The number of ketones is 1.